The fourth-order valence-electron chi connectivity index (χ4n) is 7.69. The van der Waals surface area contributed by atoms with E-state index in [1.807, 2.05) is 91.0 Å². The van der Waals surface area contributed by atoms with E-state index in [2.05, 4.69) is 78.9 Å². The normalized spacial score (nSPS) is 11.7. The minimum absolute atomic E-state index is 0.573. The van der Waals surface area contributed by atoms with Gasteiger partial charge < -0.3 is 8.83 Å². The standard InChI is InChI=1S/C48H28N4O2/c1-3-13-29(14-4-1)45-50-46(30-15-5-2-6-16-30)52-47(51-45)37-25-23-35(31-17-7-9-19-33(31)37)36-24-26-38(34-20-10-8-18-32(34)36)48-49-44-42(54-48)28-27-41-43(44)39-21-11-12-22-40(39)53-41/h1-28H. The van der Waals surface area contributed by atoms with E-state index in [0.717, 1.165) is 88.0 Å². The highest BCUT2D eigenvalue weighted by molar-refractivity contribution is 6.17. The fourth-order valence-corrected chi connectivity index (χ4v) is 7.69. The van der Waals surface area contributed by atoms with Crippen molar-refractivity contribution in [2.24, 2.45) is 0 Å². The van der Waals surface area contributed by atoms with Crippen LogP contribution in [0.15, 0.2) is 179 Å². The molecule has 0 fully saturated rings. The van der Waals surface area contributed by atoms with Crippen molar-refractivity contribution in [2.75, 3.05) is 0 Å². The number of fused-ring (bicyclic) bond motifs is 7. The van der Waals surface area contributed by atoms with E-state index in [1.165, 1.54) is 0 Å². The Labute approximate surface area is 309 Å². The maximum absolute atomic E-state index is 6.48. The Kier molecular flexibility index (Phi) is 6.75. The maximum atomic E-state index is 6.48. The van der Waals surface area contributed by atoms with Crippen molar-refractivity contribution in [3.8, 4) is 56.7 Å². The third kappa shape index (κ3) is 4.81. The molecular weight excluding hydrogens is 665 g/mol. The first kappa shape index (κ1) is 30.2. The van der Waals surface area contributed by atoms with E-state index < -0.39 is 0 Å². The van der Waals surface area contributed by atoms with Gasteiger partial charge in [-0.05, 0) is 63.0 Å². The third-order valence-corrected chi connectivity index (χ3v) is 10.2. The summed E-state index contributed by atoms with van der Waals surface area (Å²) in [5.41, 5.74) is 9.12. The quantitative estimate of drug-likeness (QED) is 0.179. The molecule has 8 aromatic carbocycles. The van der Waals surface area contributed by atoms with Gasteiger partial charge in [0.25, 0.3) is 0 Å². The summed E-state index contributed by atoms with van der Waals surface area (Å²) >= 11 is 0. The molecule has 0 saturated heterocycles. The number of rotatable bonds is 5. The Morgan fingerprint density at radius 2 is 0.759 bits per heavy atom. The van der Waals surface area contributed by atoms with Gasteiger partial charge in [-0.1, -0.05) is 140 Å². The largest absolute Gasteiger partial charge is 0.456 e. The number of hydrogen-bond donors (Lipinski definition) is 0. The molecule has 3 aromatic heterocycles. The topological polar surface area (TPSA) is 77.8 Å². The molecule has 0 N–H and O–H groups in total. The lowest BCUT2D eigenvalue weighted by Crippen LogP contribution is -2.00. The molecule has 0 bridgehead atoms. The molecule has 11 rings (SSSR count). The summed E-state index contributed by atoms with van der Waals surface area (Å²) in [7, 11) is 0. The highest BCUT2D eigenvalue weighted by atomic mass is 16.4. The molecule has 252 valence electrons. The summed E-state index contributed by atoms with van der Waals surface area (Å²) in [6, 6.07) is 57.7. The second-order valence-electron chi connectivity index (χ2n) is 13.4. The molecule has 3 heterocycles. The Balaban J connectivity index is 1.08. The van der Waals surface area contributed by atoms with Crippen LogP contribution in [0, 0.1) is 0 Å². The van der Waals surface area contributed by atoms with Gasteiger partial charge in [-0.2, -0.15) is 0 Å². The summed E-state index contributed by atoms with van der Waals surface area (Å²) in [6.07, 6.45) is 0. The van der Waals surface area contributed by atoms with Crippen LogP contribution in [0.5, 0.6) is 0 Å². The van der Waals surface area contributed by atoms with E-state index in [-0.39, 0.29) is 0 Å². The third-order valence-electron chi connectivity index (χ3n) is 10.2. The highest BCUT2D eigenvalue weighted by Gasteiger charge is 2.20. The first-order valence-corrected chi connectivity index (χ1v) is 17.9. The van der Waals surface area contributed by atoms with Crippen molar-refractivity contribution in [2.45, 2.75) is 0 Å². The van der Waals surface area contributed by atoms with Gasteiger partial charge in [0.15, 0.2) is 23.1 Å². The molecule has 6 heteroatoms. The first-order chi connectivity index (χ1) is 26.8. The van der Waals surface area contributed by atoms with Crippen LogP contribution >= 0.6 is 0 Å². The van der Waals surface area contributed by atoms with Gasteiger partial charge in [0, 0.05) is 27.6 Å². The average Bonchev–Trinajstić information content (AvgIpc) is 3.85. The van der Waals surface area contributed by atoms with Gasteiger partial charge in [-0.15, -0.1) is 0 Å². The molecular formula is C48H28N4O2. The van der Waals surface area contributed by atoms with Gasteiger partial charge in [0.05, 0.1) is 5.39 Å². The number of para-hydroxylation sites is 1. The van der Waals surface area contributed by atoms with Crippen molar-refractivity contribution in [1.82, 2.24) is 19.9 Å². The Bertz CT molecular complexity index is 3160. The lowest BCUT2D eigenvalue weighted by atomic mass is 9.90. The lowest BCUT2D eigenvalue weighted by molar-refractivity contribution is 0.620. The molecule has 0 radical (unpaired) electrons. The molecule has 0 unspecified atom stereocenters. The highest BCUT2D eigenvalue weighted by Crippen LogP contribution is 2.42. The second-order valence-corrected chi connectivity index (χ2v) is 13.4. The van der Waals surface area contributed by atoms with Crippen LogP contribution in [0.1, 0.15) is 0 Å². The van der Waals surface area contributed by atoms with E-state index in [4.69, 9.17) is 28.8 Å². The Morgan fingerprint density at radius 3 is 1.39 bits per heavy atom. The van der Waals surface area contributed by atoms with Crippen LogP contribution in [0.2, 0.25) is 0 Å². The Hall–Kier alpha value is -7.44. The fraction of sp³-hybridized carbons (Fsp3) is 0. The van der Waals surface area contributed by atoms with Crippen molar-refractivity contribution < 1.29 is 8.83 Å². The maximum Gasteiger partial charge on any atom is 0.227 e. The number of nitrogens with zero attached hydrogens (tertiary/aromatic N) is 4. The number of benzene rings is 8. The summed E-state index contributed by atoms with van der Waals surface area (Å²) in [6.45, 7) is 0. The van der Waals surface area contributed by atoms with Crippen LogP contribution in [0.4, 0.5) is 0 Å². The van der Waals surface area contributed by atoms with Crippen molar-refractivity contribution >= 4 is 54.6 Å². The summed E-state index contributed by atoms with van der Waals surface area (Å²) in [4.78, 5) is 20.1. The zero-order valence-corrected chi connectivity index (χ0v) is 28.8. The Morgan fingerprint density at radius 1 is 0.296 bits per heavy atom. The van der Waals surface area contributed by atoms with Crippen molar-refractivity contribution in [3.63, 3.8) is 0 Å². The SMILES string of the molecule is c1ccc(-c2nc(-c3ccccc3)nc(-c3ccc(-c4ccc(-c5nc6c(ccc7oc8ccccc8c76)o5)c5ccccc45)c4ccccc34)n2)cc1. The molecule has 0 aliphatic carbocycles. The monoisotopic (exact) mass is 692 g/mol. The predicted molar refractivity (Wildman–Crippen MR) is 217 cm³/mol. The van der Waals surface area contributed by atoms with E-state index in [0.29, 0.717) is 23.4 Å². The van der Waals surface area contributed by atoms with Gasteiger partial charge >= 0.3 is 0 Å². The van der Waals surface area contributed by atoms with Crippen molar-refractivity contribution in [1.29, 1.82) is 0 Å². The first-order valence-electron chi connectivity index (χ1n) is 17.9. The van der Waals surface area contributed by atoms with E-state index in [9.17, 15) is 0 Å². The zero-order valence-electron chi connectivity index (χ0n) is 28.8. The predicted octanol–water partition coefficient (Wildman–Crippen LogP) is 12.6. The number of oxazole rings is 1. The second kappa shape index (κ2) is 12.1. The molecule has 0 spiro atoms. The van der Waals surface area contributed by atoms with Crippen LogP contribution in [0.25, 0.3) is 111 Å². The molecule has 6 nitrogen and oxygen atoms in total. The van der Waals surface area contributed by atoms with Crippen LogP contribution in [0.3, 0.4) is 0 Å². The lowest BCUT2D eigenvalue weighted by Gasteiger charge is -2.15. The molecule has 54 heavy (non-hydrogen) atoms. The van der Waals surface area contributed by atoms with E-state index in [1.54, 1.807) is 0 Å². The van der Waals surface area contributed by atoms with Crippen LogP contribution in [-0.4, -0.2) is 19.9 Å². The summed E-state index contributed by atoms with van der Waals surface area (Å²) in [5, 5.41) is 6.32. The van der Waals surface area contributed by atoms with E-state index >= 15 is 0 Å². The summed E-state index contributed by atoms with van der Waals surface area (Å²) < 4.78 is 12.6. The zero-order chi connectivity index (χ0) is 35.6. The smallest absolute Gasteiger partial charge is 0.227 e. The minimum atomic E-state index is 0.573. The molecule has 0 saturated carbocycles. The number of aromatic nitrogens is 4. The molecule has 0 amide bonds. The molecule has 0 aliphatic rings. The van der Waals surface area contributed by atoms with Gasteiger partial charge in [0.2, 0.25) is 5.89 Å². The van der Waals surface area contributed by atoms with Gasteiger partial charge in [-0.3, -0.25) is 0 Å². The molecule has 11 aromatic rings. The molecule has 0 aliphatic heterocycles. The van der Waals surface area contributed by atoms with Gasteiger partial charge in [0.1, 0.15) is 16.7 Å². The number of furan rings is 1. The van der Waals surface area contributed by atoms with Crippen LogP contribution in [-0.2, 0) is 0 Å². The van der Waals surface area contributed by atoms with Gasteiger partial charge in [-0.25, -0.2) is 19.9 Å². The molecule has 0 atom stereocenters. The van der Waals surface area contributed by atoms with Crippen molar-refractivity contribution in [3.05, 3.63) is 170 Å². The van der Waals surface area contributed by atoms with Crippen LogP contribution < -0.4 is 0 Å². The number of hydrogen-bond acceptors (Lipinski definition) is 6. The minimum Gasteiger partial charge on any atom is -0.456 e. The average molecular weight is 693 g/mol. The summed E-state index contributed by atoms with van der Waals surface area (Å²) in [5.74, 6) is 2.47.